The minimum absolute atomic E-state index is 0.689. The maximum atomic E-state index is 5.67. The Bertz CT molecular complexity index is 297. The Morgan fingerprint density at radius 2 is 2.07 bits per heavy atom. The van der Waals surface area contributed by atoms with Gasteiger partial charge in [0.05, 0.1) is 0 Å². The van der Waals surface area contributed by atoms with Gasteiger partial charge in [0.25, 0.3) is 0 Å². The molecule has 0 saturated carbocycles. The molecule has 14 heavy (non-hydrogen) atoms. The van der Waals surface area contributed by atoms with Gasteiger partial charge in [0.1, 0.15) is 0 Å². The fourth-order valence-corrected chi connectivity index (χ4v) is 2.27. The van der Waals surface area contributed by atoms with Gasteiger partial charge in [0, 0.05) is 22.3 Å². The lowest BCUT2D eigenvalue weighted by atomic mass is 10.1. The van der Waals surface area contributed by atoms with Gasteiger partial charge in [-0.2, -0.15) is 0 Å². The maximum absolute atomic E-state index is 5.67. The second kappa shape index (κ2) is 4.49. The summed E-state index contributed by atoms with van der Waals surface area (Å²) >= 11 is 2.33. The molecule has 1 aliphatic rings. The Balaban J connectivity index is 2.06. The first-order valence-electron chi connectivity index (χ1n) is 5.00. The molecule has 2 rings (SSSR count). The van der Waals surface area contributed by atoms with Gasteiger partial charge in [-0.25, -0.2) is 0 Å². The first kappa shape index (κ1) is 10.2. The summed E-state index contributed by atoms with van der Waals surface area (Å²) in [6, 6.07) is 8.71. The summed E-state index contributed by atoms with van der Waals surface area (Å²) < 4.78 is 1.29. The second-order valence-electron chi connectivity index (χ2n) is 3.81. The summed E-state index contributed by atoms with van der Waals surface area (Å²) in [5.74, 6) is 0.689. The molecule has 0 spiro atoms. The van der Waals surface area contributed by atoms with Crippen LogP contribution in [0.2, 0.25) is 0 Å². The van der Waals surface area contributed by atoms with Crippen LogP contribution in [0.25, 0.3) is 0 Å². The molecule has 0 aliphatic carbocycles. The molecule has 76 valence electrons. The van der Waals surface area contributed by atoms with E-state index in [1.54, 1.807) is 0 Å². The molecule has 1 fully saturated rings. The summed E-state index contributed by atoms with van der Waals surface area (Å²) in [6.07, 6.45) is 1.24. The van der Waals surface area contributed by atoms with Crippen molar-refractivity contribution in [2.45, 2.75) is 6.42 Å². The number of hydrogen-bond donors (Lipinski definition) is 1. The number of hydrogen-bond acceptors (Lipinski definition) is 2. The van der Waals surface area contributed by atoms with E-state index in [2.05, 4.69) is 51.8 Å². The van der Waals surface area contributed by atoms with Crippen LogP contribution in [0.4, 0.5) is 5.69 Å². The molecule has 0 radical (unpaired) electrons. The third kappa shape index (κ3) is 2.20. The van der Waals surface area contributed by atoms with Gasteiger partial charge in [-0.15, -0.1) is 0 Å². The highest BCUT2D eigenvalue weighted by molar-refractivity contribution is 14.1. The zero-order valence-electron chi connectivity index (χ0n) is 8.12. The molecule has 1 aromatic rings. The van der Waals surface area contributed by atoms with Crippen LogP contribution >= 0.6 is 22.6 Å². The highest BCUT2D eigenvalue weighted by atomic mass is 127. The molecule has 1 saturated heterocycles. The van der Waals surface area contributed by atoms with E-state index in [4.69, 9.17) is 5.73 Å². The molecule has 3 heteroatoms. The van der Waals surface area contributed by atoms with Crippen molar-refractivity contribution in [2.75, 3.05) is 24.5 Å². The zero-order chi connectivity index (χ0) is 9.97. The minimum atomic E-state index is 0.689. The lowest BCUT2D eigenvalue weighted by Gasteiger charge is -2.18. The van der Waals surface area contributed by atoms with Crippen molar-refractivity contribution in [1.82, 2.24) is 0 Å². The van der Waals surface area contributed by atoms with Crippen LogP contribution in [0.1, 0.15) is 6.42 Å². The average molecular weight is 302 g/mol. The van der Waals surface area contributed by atoms with Crippen LogP contribution in [-0.4, -0.2) is 19.6 Å². The van der Waals surface area contributed by atoms with Crippen molar-refractivity contribution >= 4 is 28.3 Å². The van der Waals surface area contributed by atoms with Crippen molar-refractivity contribution < 1.29 is 0 Å². The minimum Gasteiger partial charge on any atom is -0.371 e. The Hall–Kier alpha value is -0.290. The SMILES string of the molecule is NCC1CCN(c2ccc(I)cc2)C1. The highest BCUT2D eigenvalue weighted by Crippen LogP contribution is 2.23. The molecule has 0 amide bonds. The fourth-order valence-electron chi connectivity index (χ4n) is 1.91. The first-order valence-corrected chi connectivity index (χ1v) is 6.08. The normalized spacial score (nSPS) is 21.6. The van der Waals surface area contributed by atoms with Gasteiger partial charge in [0.15, 0.2) is 0 Å². The summed E-state index contributed by atoms with van der Waals surface area (Å²) in [7, 11) is 0. The van der Waals surface area contributed by atoms with Crippen molar-refractivity contribution in [3.63, 3.8) is 0 Å². The third-order valence-corrected chi connectivity index (χ3v) is 3.53. The van der Waals surface area contributed by atoms with E-state index in [-0.39, 0.29) is 0 Å². The van der Waals surface area contributed by atoms with E-state index in [9.17, 15) is 0 Å². The topological polar surface area (TPSA) is 29.3 Å². The Kier molecular flexibility index (Phi) is 3.28. The van der Waals surface area contributed by atoms with Crippen molar-refractivity contribution in [2.24, 2.45) is 11.7 Å². The van der Waals surface area contributed by atoms with Crippen LogP contribution in [0.3, 0.4) is 0 Å². The number of nitrogens with zero attached hydrogens (tertiary/aromatic N) is 1. The van der Waals surface area contributed by atoms with E-state index >= 15 is 0 Å². The predicted octanol–water partition coefficient (Wildman–Crippen LogP) is 2.08. The summed E-state index contributed by atoms with van der Waals surface area (Å²) in [6.45, 7) is 3.10. The predicted molar refractivity (Wildman–Crippen MR) is 68.5 cm³/mol. The lowest BCUT2D eigenvalue weighted by Crippen LogP contribution is -2.22. The van der Waals surface area contributed by atoms with Gasteiger partial charge in [-0.1, -0.05) is 0 Å². The Morgan fingerprint density at radius 1 is 1.36 bits per heavy atom. The Morgan fingerprint density at radius 3 is 2.64 bits per heavy atom. The van der Waals surface area contributed by atoms with E-state index in [0.717, 1.165) is 19.6 Å². The van der Waals surface area contributed by atoms with E-state index in [0.29, 0.717) is 5.92 Å². The number of anilines is 1. The fraction of sp³-hybridized carbons (Fsp3) is 0.455. The van der Waals surface area contributed by atoms with Crippen LogP contribution < -0.4 is 10.6 Å². The molecule has 1 aliphatic heterocycles. The molecule has 1 aromatic carbocycles. The standard InChI is InChI=1S/C11H15IN2/c12-10-1-3-11(4-2-10)14-6-5-9(7-13)8-14/h1-4,9H,5-8,13H2. The monoisotopic (exact) mass is 302 g/mol. The van der Waals surface area contributed by atoms with Crippen molar-refractivity contribution in [1.29, 1.82) is 0 Å². The highest BCUT2D eigenvalue weighted by Gasteiger charge is 2.20. The smallest absolute Gasteiger partial charge is 0.0367 e. The van der Waals surface area contributed by atoms with Gasteiger partial charge >= 0.3 is 0 Å². The zero-order valence-corrected chi connectivity index (χ0v) is 10.3. The summed E-state index contributed by atoms with van der Waals surface area (Å²) in [5, 5.41) is 0. The van der Waals surface area contributed by atoms with Crippen LogP contribution in [0.15, 0.2) is 24.3 Å². The van der Waals surface area contributed by atoms with E-state index in [1.165, 1.54) is 15.7 Å². The molecule has 0 aromatic heterocycles. The van der Waals surface area contributed by atoms with Crippen molar-refractivity contribution in [3.8, 4) is 0 Å². The number of rotatable bonds is 2. The van der Waals surface area contributed by atoms with Crippen LogP contribution in [0, 0.1) is 9.49 Å². The number of halogens is 1. The van der Waals surface area contributed by atoms with Gasteiger partial charge in [-0.3, -0.25) is 0 Å². The molecule has 0 bridgehead atoms. The molecular weight excluding hydrogens is 287 g/mol. The first-order chi connectivity index (χ1) is 6.79. The molecule has 2 nitrogen and oxygen atoms in total. The molecular formula is C11H15IN2. The van der Waals surface area contributed by atoms with Crippen LogP contribution in [0.5, 0.6) is 0 Å². The largest absolute Gasteiger partial charge is 0.371 e. The van der Waals surface area contributed by atoms with E-state index in [1.807, 2.05) is 0 Å². The third-order valence-electron chi connectivity index (χ3n) is 2.81. The quantitative estimate of drug-likeness (QED) is 0.848. The summed E-state index contributed by atoms with van der Waals surface area (Å²) in [5.41, 5.74) is 7.00. The van der Waals surface area contributed by atoms with Gasteiger partial charge < -0.3 is 10.6 Å². The van der Waals surface area contributed by atoms with Crippen LogP contribution in [-0.2, 0) is 0 Å². The number of nitrogens with two attached hydrogens (primary N) is 1. The van der Waals surface area contributed by atoms with Crippen molar-refractivity contribution in [3.05, 3.63) is 27.8 Å². The molecule has 1 atom stereocenters. The average Bonchev–Trinajstić information content (AvgIpc) is 2.67. The molecule has 2 N–H and O–H groups in total. The Labute approximate surface area is 98.6 Å². The number of benzene rings is 1. The van der Waals surface area contributed by atoms with Gasteiger partial charge in [-0.05, 0) is 65.7 Å². The van der Waals surface area contributed by atoms with E-state index < -0.39 is 0 Å². The molecule has 1 unspecified atom stereocenters. The molecule has 1 heterocycles. The van der Waals surface area contributed by atoms with Gasteiger partial charge in [0.2, 0.25) is 0 Å². The maximum Gasteiger partial charge on any atom is 0.0367 e. The second-order valence-corrected chi connectivity index (χ2v) is 5.06. The summed E-state index contributed by atoms with van der Waals surface area (Å²) in [4.78, 5) is 2.42. The lowest BCUT2D eigenvalue weighted by molar-refractivity contribution is 0.602.